The predicted molar refractivity (Wildman–Crippen MR) is 118 cm³/mol. The van der Waals surface area contributed by atoms with Gasteiger partial charge in [0.25, 0.3) is 0 Å². The molecule has 6 rings (SSSR count). The molecule has 0 aliphatic carbocycles. The smallest absolute Gasteiger partial charge is 0.389 e. The number of halogens is 4. The molecule has 3 aliphatic heterocycles. The van der Waals surface area contributed by atoms with Crippen molar-refractivity contribution in [2.75, 3.05) is 26.7 Å². The maximum Gasteiger partial charge on any atom is 0.389 e. The first kappa shape index (κ1) is 23.0. The Labute approximate surface area is 195 Å². The Morgan fingerprint density at radius 3 is 2.50 bits per heavy atom. The molecule has 5 heterocycles. The van der Waals surface area contributed by atoms with Crippen LogP contribution < -0.4 is 4.74 Å². The van der Waals surface area contributed by atoms with Crippen molar-refractivity contribution in [3.05, 3.63) is 46.7 Å². The van der Waals surface area contributed by atoms with Gasteiger partial charge in [-0.1, -0.05) is 12.1 Å². The van der Waals surface area contributed by atoms with Gasteiger partial charge in [-0.15, -0.1) is 0 Å². The number of piperidine rings is 3. The van der Waals surface area contributed by atoms with Crippen LogP contribution in [0.1, 0.15) is 47.8 Å². The van der Waals surface area contributed by atoms with Crippen LogP contribution in [0, 0.1) is 18.7 Å². The molecular weight excluding hydrogens is 450 g/mol. The number of hydrogen-bond acceptors (Lipinski definition) is 5. The number of aryl methyl sites for hydroxylation is 2. The molecule has 0 N–H and O–H groups in total. The third-order valence-corrected chi connectivity index (χ3v) is 7.13. The second-order valence-electron chi connectivity index (χ2n) is 9.29. The Morgan fingerprint density at radius 1 is 1.12 bits per heavy atom. The van der Waals surface area contributed by atoms with Gasteiger partial charge in [-0.2, -0.15) is 23.1 Å². The number of aromatic nitrogens is 4. The lowest BCUT2D eigenvalue weighted by molar-refractivity contribution is -0.134. The van der Waals surface area contributed by atoms with Crippen molar-refractivity contribution in [3.63, 3.8) is 0 Å². The Balaban J connectivity index is 1.49. The summed E-state index contributed by atoms with van der Waals surface area (Å²) in [6.45, 7) is 4.89. The van der Waals surface area contributed by atoms with Gasteiger partial charge in [0.1, 0.15) is 17.2 Å². The van der Waals surface area contributed by atoms with E-state index in [1.165, 1.54) is 7.11 Å². The van der Waals surface area contributed by atoms with E-state index < -0.39 is 12.6 Å². The molecule has 10 heteroatoms. The van der Waals surface area contributed by atoms with Crippen molar-refractivity contribution in [2.24, 2.45) is 5.92 Å². The van der Waals surface area contributed by atoms with Crippen molar-refractivity contribution in [2.45, 2.75) is 51.2 Å². The van der Waals surface area contributed by atoms with E-state index in [0.717, 1.165) is 38.0 Å². The Kier molecular flexibility index (Phi) is 5.95. The molecule has 182 valence electrons. The fourth-order valence-corrected chi connectivity index (χ4v) is 5.29. The number of hydrogen-bond donors (Lipinski definition) is 0. The molecule has 1 aromatic carbocycles. The van der Waals surface area contributed by atoms with E-state index in [1.54, 1.807) is 23.6 Å². The summed E-state index contributed by atoms with van der Waals surface area (Å²) in [6, 6.07) is 5.39. The topological polar surface area (TPSA) is 56.1 Å². The van der Waals surface area contributed by atoms with Crippen LogP contribution in [0.3, 0.4) is 0 Å². The normalized spacial score (nSPS) is 22.5. The second kappa shape index (κ2) is 8.79. The summed E-state index contributed by atoms with van der Waals surface area (Å²) in [5.41, 5.74) is 2.59. The first-order valence-electron chi connectivity index (χ1n) is 11.6. The molecule has 3 aromatic rings. The van der Waals surface area contributed by atoms with Crippen molar-refractivity contribution < 1.29 is 22.3 Å². The maximum absolute atomic E-state index is 15.3. The molecule has 0 saturated carbocycles. The summed E-state index contributed by atoms with van der Waals surface area (Å²) in [5.74, 6) is 0.727. The van der Waals surface area contributed by atoms with Crippen molar-refractivity contribution >= 4 is 11.2 Å². The van der Waals surface area contributed by atoms with Gasteiger partial charge >= 0.3 is 12.2 Å². The third kappa shape index (κ3) is 4.47. The van der Waals surface area contributed by atoms with Crippen LogP contribution >= 0.6 is 0 Å². The first-order chi connectivity index (χ1) is 16.2. The molecule has 34 heavy (non-hydrogen) atoms. The van der Waals surface area contributed by atoms with Crippen LogP contribution in [0.15, 0.2) is 18.2 Å². The number of alkyl halides is 3. The molecule has 0 amide bonds. The highest BCUT2D eigenvalue weighted by molar-refractivity contribution is 5.74. The molecule has 1 atom stereocenters. The molecule has 6 nitrogen and oxygen atoms in total. The van der Waals surface area contributed by atoms with Gasteiger partial charge in [-0.05, 0) is 56.3 Å². The molecular formula is C24H27F4N5O. The van der Waals surface area contributed by atoms with E-state index in [-0.39, 0.29) is 30.6 Å². The van der Waals surface area contributed by atoms with Gasteiger partial charge in [0.05, 0.1) is 25.8 Å². The summed E-state index contributed by atoms with van der Waals surface area (Å²) in [7, 11) is 1.42. The number of imidazole rings is 1. The van der Waals surface area contributed by atoms with Gasteiger partial charge in [0.2, 0.25) is 0 Å². The zero-order valence-electron chi connectivity index (χ0n) is 19.2. The molecule has 2 aromatic heterocycles. The minimum Gasteiger partial charge on any atom is -0.467 e. The highest BCUT2D eigenvalue weighted by atomic mass is 19.4. The van der Waals surface area contributed by atoms with E-state index in [9.17, 15) is 13.2 Å². The summed E-state index contributed by atoms with van der Waals surface area (Å²) in [6.07, 6.45) is -3.41. The molecule has 2 bridgehead atoms. The van der Waals surface area contributed by atoms with Crippen LogP contribution in [0.25, 0.3) is 11.2 Å². The van der Waals surface area contributed by atoms with E-state index in [2.05, 4.69) is 19.9 Å². The third-order valence-electron chi connectivity index (χ3n) is 7.13. The summed E-state index contributed by atoms with van der Waals surface area (Å²) < 4.78 is 60.8. The Bertz CT molecular complexity index is 1200. The molecule has 0 spiro atoms. The average Bonchev–Trinajstić information content (AvgIpc) is 3.17. The van der Waals surface area contributed by atoms with Crippen molar-refractivity contribution in [3.8, 4) is 6.01 Å². The standard InChI is InChI=1S/C24H27F4N5O/c1-14-21-22(31-23(29-14)34-2)33(20(30-21)5-8-24(26,27)28)12-17-4-3-16(11-19(17)25)18-13-32-9-6-15(18)7-10-32/h3-4,11,15,18H,5-10,12-13H2,1-2H3. The van der Waals surface area contributed by atoms with Crippen LogP contribution in [0.5, 0.6) is 6.01 Å². The van der Waals surface area contributed by atoms with E-state index >= 15 is 4.39 Å². The first-order valence-corrected chi connectivity index (χ1v) is 11.6. The fraction of sp³-hybridized carbons (Fsp3) is 0.542. The Hall–Kier alpha value is -2.75. The average molecular weight is 478 g/mol. The second-order valence-corrected chi connectivity index (χ2v) is 9.29. The van der Waals surface area contributed by atoms with Crippen LogP contribution in [0.2, 0.25) is 0 Å². The lowest BCUT2D eigenvalue weighted by Crippen LogP contribution is -2.46. The zero-order chi connectivity index (χ0) is 24.0. The number of ether oxygens (including phenoxy) is 1. The van der Waals surface area contributed by atoms with Crippen LogP contribution in [0.4, 0.5) is 17.6 Å². The summed E-state index contributed by atoms with van der Waals surface area (Å²) >= 11 is 0. The van der Waals surface area contributed by atoms with Gasteiger partial charge in [-0.25, -0.2) is 9.37 Å². The Morgan fingerprint density at radius 2 is 1.88 bits per heavy atom. The van der Waals surface area contributed by atoms with Crippen molar-refractivity contribution in [1.29, 1.82) is 0 Å². The monoisotopic (exact) mass is 477 g/mol. The van der Waals surface area contributed by atoms with Gasteiger partial charge in [-0.3, -0.25) is 0 Å². The number of fused-ring (bicyclic) bond motifs is 4. The lowest BCUT2D eigenvalue weighted by Gasteiger charge is -2.45. The highest BCUT2D eigenvalue weighted by Crippen LogP contribution is 2.39. The number of rotatable bonds is 6. The zero-order valence-corrected chi connectivity index (χ0v) is 19.2. The van der Waals surface area contributed by atoms with Gasteiger partial charge < -0.3 is 14.2 Å². The van der Waals surface area contributed by atoms with Gasteiger partial charge in [0.15, 0.2) is 5.65 Å². The molecule has 3 aliphatic rings. The fourth-order valence-electron chi connectivity index (χ4n) is 5.29. The van der Waals surface area contributed by atoms with Gasteiger partial charge in [0, 0.05) is 18.5 Å². The number of methoxy groups -OCH3 is 1. The minimum absolute atomic E-state index is 0.0234. The van der Waals surface area contributed by atoms with Crippen LogP contribution in [-0.4, -0.2) is 57.3 Å². The molecule has 0 radical (unpaired) electrons. The number of nitrogens with zero attached hydrogens (tertiary/aromatic N) is 5. The lowest BCUT2D eigenvalue weighted by atomic mass is 9.75. The molecule has 3 saturated heterocycles. The van der Waals surface area contributed by atoms with E-state index in [0.29, 0.717) is 34.3 Å². The largest absolute Gasteiger partial charge is 0.467 e. The SMILES string of the molecule is COc1nc(C)c2nc(CCC(F)(F)F)n(Cc3ccc(C4CN5CCC4CC5)cc3F)c2n1. The van der Waals surface area contributed by atoms with Crippen LogP contribution in [-0.2, 0) is 13.0 Å². The minimum atomic E-state index is -4.33. The van der Waals surface area contributed by atoms with E-state index in [1.807, 2.05) is 6.07 Å². The highest BCUT2D eigenvalue weighted by Gasteiger charge is 2.35. The van der Waals surface area contributed by atoms with Crippen molar-refractivity contribution in [1.82, 2.24) is 24.4 Å². The summed E-state index contributed by atoms with van der Waals surface area (Å²) in [4.78, 5) is 15.3. The predicted octanol–water partition coefficient (Wildman–Crippen LogP) is 4.63. The van der Waals surface area contributed by atoms with E-state index in [4.69, 9.17) is 4.74 Å². The number of benzene rings is 1. The molecule has 1 unspecified atom stereocenters. The molecule has 3 fully saturated rings. The summed E-state index contributed by atoms with van der Waals surface area (Å²) in [5, 5.41) is 0. The quantitative estimate of drug-likeness (QED) is 0.485. The maximum atomic E-state index is 15.3.